The topological polar surface area (TPSA) is 24.1 Å². The Labute approximate surface area is 107 Å². The van der Waals surface area contributed by atoms with Crippen molar-refractivity contribution in [2.75, 3.05) is 20.1 Å². The van der Waals surface area contributed by atoms with Crippen molar-refractivity contribution >= 4 is 38.5 Å². The molecule has 0 amide bonds. The molecule has 78 valence electrons. The third-order valence-electron chi connectivity index (χ3n) is 1.87. The molecule has 2 N–H and O–H groups in total. The summed E-state index contributed by atoms with van der Waals surface area (Å²) in [5.74, 6) is 0. The number of halogens is 2. The molecule has 2 nitrogen and oxygen atoms in total. The summed E-state index contributed by atoms with van der Waals surface area (Å²) in [6.45, 7) is 2.91. The maximum atomic E-state index is 3.54. The van der Waals surface area contributed by atoms with Crippen molar-refractivity contribution in [2.24, 2.45) is 0 Å². The number of nitrogens with one attached hydrogen (secondary N) is 2. The molecule has 1 rings (SSSR count). The molecule has 0 aliphatic rings. The Morgan fingerprint density at radius 3 is 2.86 bits per heavy atom. The van der Waals surface area contributed by atoms with Crippen LogP contribution in [0.3, 0.4) is 0 Å². The van der Waals surface area contributed by atoms with E-state index in [1.165, 1.54) is 13.6 Å². The summed E-state index contributed by atoms with van der Waals surface area (Å²) in [6, 6.07) is 6.38. The molecule has 0 aliphatic carbocycles. The molecule has 14 heavy (non-hydrogen) atoms. The first-order valence-corrected chi connectivity index (χ1v) is 6.40. The lowest BCUT2D eigenvalue weighted by molar-refractivity contribution is 0.649. The molecule has 0 heterocycles. The first-order valence-electron chi connectivity index (χ1n) is 4.53. The summed E-state index contributed by atoms with van der Waals surface area (Å²) in [4.78, 5) is 0. The van der Waals surface area contributed by atoms with Gasteiger partial charge in [0.05, 0.1) is 0 Å². The zero-order valence-electron chi connectivity index (χ0n) is 8.11. The van der Waals surface area contributed by atoms with Gasteiger partial charge in [-0.1, -0.05) is 15.9 Å². The fourth-order valence-corrected chi connectivity index (χ4v) is 2.06. The van der Waals surface area contributed by atoms with Crippen molar-refractivity contribution < 1.29 is 0 Å². The Balaban J connectivity index is 2.45. The van der Waals surface area contributed by atoms with Crippen molar-refractivity contribution in [1.29, 1.82) is 0 Å². The first kappa shape index (κ1) is 12.4. The van der Waals surface area contributed by atoms with Crippen LogP contribution in [0.5, 0.6) is 0 Å². The summed E-state index contributed by atoms with van der Waals surface area (Å²) >= 11 is 5.87. The minimum Gasteiger partial charge on any atom is -0.318 e. The van der Waals surface area contributed by atoms with Gasteiger partial charge in [-0.3, -0.25) is 0 Å². The Morgan fingerprint density at radius 1 is 1.36 bits per heavy atom. The Morgan fingerprint density at radius 2 is 2.14 bits per heavy atom. The van der Waals surface area contributed by atoms with Gasteiger partial charge in [-0.15, -0.1) is 0 Å². The van der Waals surface area contributed by atoms with Crippen LogP contribution in [0.1, 0.15) is 5.56 Å². The highest BCUT2D eigenvalue weighted by molar-refractivity contribution is 14.1. The molecule has 0 bridgehead atoms. The molecular weight excluding hydrogens is 355 g/mol. The van der Waals surface area contributed by atoms with Gasteiger partial charge < -0.3 is 10.6 Å². The second-order valence-corrected chi connectivity index (χ2v) is 5.12. The number of hydrogen-bond donors (Lipinski definition) is 2. The number of benzene rings is 1. The average Bonchev–Trinajstić information content (AvgIpc) is 2.18. The molecule has 0 saturated carbocycles. The number of hydrogen-bond acceptors (Lipinski definition) is 2. The second-order valence-electron chi connectivity index (χ2n) is 3.02. The fourth-order valence-electron chi connectivity index (χ4n) is 1.12. The standard InChI is InChI=1S/C10H14BrIN2/c1-13-4-5-14-7-8-6-9(12)2-3-10(8)11/h2-3,6,13-14H,4-5,7H2,1H3. The van der Waals surface area contributed by atoms with Crippen molar-refractivity contribution in [3.05, 3.63) is 31.8 Å². The maximum absolute atomic E-state index is 3.54. The molecule has 4 heteroatoms. The van der Waals surface area contributed by atoms with Gasteiger partial charge >= 0.3 is 0 Å². The SMILES string of the molecule is CNCCNCc1cc(I)ccc1Br. The maximum Gasteiger partial charge on any atom is 0.0220 e. The summed E-state index contributed by atoms with van der Waals surface area (Å²) < 4.78 is 2.45. The molecule has 0 fully saturated rings. The van der Waals surface area contributed by atoms with Crippen LogP contribution < -0.4 is 10.6 Å². The van der Waals surface area contributed by atoms with Crippen LogP contribution in [0.15, 0.2) is 22.7 Å². The van der Waals surface area contributed by atoms with Gasteiger partial charge in [0.15, 0.2) is 0 Å². The number of rotatable bonds is 5. The van der Waals surface area contributed by atoms with Crippen LogP contribution in [-0.2, 0) is 6.54 Å². The fraction of sp³-hybridized carbons (Fsp3) is 0.400. The molecule has 0 radical (unpaired) electrons. The van der Waals surface area contributed by atoms with E-state index in [-0.39, 0.29) is 0 Å². The molecular formula is C10H14BrIN2. The molecule has 0 spiro atoms. The highest BCUT2D eigenvalue weighted by Crippen LogP contribution is 2.19. The molecule has 0 saturated heterocycles. The van der Waals surface area contributed by atoms with Gasteiger partial charge in [0.1, 0.15) is 0 Å². The summed E-state index contributed by atoms with van der Waals surface area (Å²) in [7, 11) is 1.96. The van der Waals surface area contributed by atoms with E-state index in [1.807, 2.05) is 7.05 Å². The highest BCUT2D eigenvalue weighted by Gasteiger charge is 1.99. The zero-order valence-corrected chi connectivity index (χ0v) is 11.9. The van der Waals surface area contributed by atoms with E-state index in [2.05, 4.69) is 67.4 Å². The van der Waals surface area contributed by atoms with Crippen molar-refractivity contribution in [3.8, 4) is 0 Å². The van der Waals surface area contributed by atoms with Crippen LogP contribution in [0, 0.1) is 3.57 Å². The predicted octanol–water partition coefficient (Wildman–Crippen LogP) is 2.36. The summed E-state index contributed by atoms with van der Waals surface area (Å²) in [5.41, 5.74) is 1.31. The smallest absolute Gasteiger partial charge is 0.0220 e. The number of likely N-dealkylation sites (N-methyl/N-ethyl adjacent to an activating group) is 1. The largest absolute Gasteiger partial charge is 0.318 e. The van der Waals surface area contributed by atoms with Crippen LogP contribution in [0.2, 0.25) is 0 Å². The first-order chi connectivity index (χ1) is 6.74. The van der Waals surface area contributed by atoms with Gasteiger partial charge in [-0.25, -0.2) is 0 Å². The van der Waals surface area contributed by atoms with Crippen LogP contribution in [-0.4, -0.2) is 20.1 Å². The Bertz CT molecular complexity index is 291. The lowest BCUT2D eigenvalue weighted by Gasteiger charge is -2.07. The zero-order chi connectivity index (χ0) is 10.4. The summed E-state index contributed by atoms with van der Waals surface area (Å²) in [5, 5.41) is 6.48. The normalized spacial score (nSPS) is 10.5. The van der Waals surface area contributed by atoms with Crippen molar-refractivity contribution in [1.82, 2.24) is 10.6 Å². The van der Waals surface area contributed by atoms with E-state index in [0.29, 0.717) is 0 Å². The van der Waals surface area contributed by atoms with E-state index in [1.54, 1.807) is 0 Å². The average molecular weight is 369 g/mol. The van der Waals surface area contributed by atoms with E-state index < -0.39 is 0 Å². The van der Waals surface area contributed by atoms with Gasteiger partial charge in [0.25, 0.3) is 0 Å². The quantitative estimate of drug-likeness (QED) is 0.615. The minimum absolute atomic E-state index is 0.916. The lowest BCUT2D eigenvalue weighted by Crippen LogP contribution is -2.24. The lowest BCUT2D eigenvalue weighted by atomic mass is 10.2. The third kappa shape index (κ3) is 4.25. The van der Waals surface area contributed by atoms with Crippen LogP contribution in [0.4, 0.5) is 0 Å². The van der Waals surface area contributed by atoms with E-state index >= 15 is 0 Å². The van der Waals surface area contributed by atoms with Crippen molar-refractivity contribution in [2.45, 2.75) is 6.54 Å². The van der Waals surface area contributed by atoms with Gasteiger partial charge in [-0.05, 0) is 53.4 Å². The second kappa shape index (κ2) is 6.76. The Hall–Kier alpha value is 0.350. The van der Waals surface area contributed by atoms with E-state index in [4.69, 9.17) is 0 Å². The molecule has 0 aliphatic heterocycles. The minimum atomic E-state index is 0.916. The van der Waals surface area contributed by atoms with E-state index in [9.17, 15) is 0 Å². The van der Waals surface area contributed by atoms with E-state index in [0.717, 1.165) is 19.6 Å². The van der Waals surface area contributed by atoms with Gasteiger partial charge in [-0.2, -0.15) is 0 Å². The monoisotopic (exact) mass is 368 g/mol. The highest BCUT2D eigenvalue weighted by atomic mass is 127. The van der Waals surface area contributed by atoms with Gasteiger partial charge in [0, 0.05) is 27.7 Å². The molecule has 0 atom stereocenters. The molecule has 0 unspecified atom stereocenters. The molecule has 0 aromatic heterocycles. The van der Waals surface area contributed by atoms with Gasteiger partial charge in [0.2, 0.25) is 0 Å². The van der Waals surface area contributed by atoms with Crippen molar-refractivity contribution in [3.63, 3.8) is 0 Å². The summed E-state index contributed by atoms with van der Waals surface area (Å²) in [6.07, 6.45) is 0. The predicted molar refractivity (Wildman–Crippen MR) is 72.5 cm³/mol. The van der Waals surface area contributed by atoms with Crippen LogP contribution in [0.25, 0.3) is 0 Å². The third-order valence-corrected chi connectivity index (χ3v) is 3.32. The Kier molecular flexibility index (Phi) is 6.00. The molecule has 1 aromatic carbocycles. The molecule has 1 aromatic rings. The van der Waals surface area contributed by atoms with Crippen LogP contribution >= 0.6 is 38.5 Å².